The molecule has 3 nitrogen and oxygen atoms in total. The largest absolute Gasteiger partial charge is 0.493 e. The van der Waals surface area contributed by atoms with Crippen LogP contribution in [-0.2, 0) is 4.79 Å². The highest BCUT2D eigenvalue weighted by atomic mass is 32.1. The SMILES string of the molecule is CC(C)COc1ccc(NC(=O)/C=C/c2cccs2)cc1. The third kappa shape index (κ3) is 5.44. The van der Waals surface area contributed by atoms with Crippen molar-refractivity contribution < 1.29 is 9.53 Å². The van der Waals surface area contributed by atoms with Gasteiger partial charge in [0, 0.05) is 16.6 Å². The maximum Gasteiger partial charge on any atom is 0.248 e. The molecule has 21 heavy (non-hydrogen) atoms. The second-order valence-electron chi connectivity index (χ2n) is 5.07. The highest BCUT2D eigenvalue weighted by molar-refractivity contribution is 7.10. The molecule has 0 aliphatic heterocycles. The van der Waals surface area contributed by atoms with Crippen molar-refractivity contribution in [3.63, 3.8) is 0 Å². The molecule has 0 bridgehead atoms. The fourth-order valence-corrected chi connectivity index (χ4v) is 2.24. The molecule has 2 rings (SSSR count). The van der Waals surface area contributed by atoms with Gasteiger partial charge >= 0.3 is 0 Å². The number of ether oxygens (including phenoxy) is 1. The molecule has 1 heterocycles. The van der Waals surface area contributed by atoms with Crippen molar-refractivity contribution >= 4 is 29.0 Å². The summed E-state index contributed by atoms with van der Waals surface area (Å²) in [7, 11) is 0. The van der Waals surface area contributed by atoms with E-state index in [1.165, 1.54) is 6.08 Å². The number of carbonyl (C=O) groups is 1. The predicted molar refractivity (Wildman–Crippen MR) is 88.8 cm³/mol. The molecule has 1 N–H and O–H groups in total. The van der Waals surface area contributed by atoms with Crippen LogP contribution in [0.3, 0.4) is 0 Å². The summed E-state index contributed by atoms with van der Waals surface area (Å²) < 4.78 is 5.60. The first-order chi connectivity index (χ1) is 10.1. The number of hydrogen-bond donors (Lipinski definition) is 1. The van der Waals surface area contributed by atoms with Crippen LogP contribution in [0.2, 0.25) is 0 Å². The molecule has 0 radical (unpaired) electrons. The maximum atomic E-state index is 11.8. The number of nitrogens with one attached hydrogen (secondary N) is 1. The predicted octanol–water partition coefficient (Wildman–Crippen LogP) is 4.43. The molecule has 0 aliphatic rings. The summed E-state index contributed by atoms with van der Waals surface area (Å²) in [6.07, 6.45) is 3.34. The highest BCUT2D eigenvalue weighted by Gasteiger charge is 2.00. The third-order valence-corrected chi connectivity index (χ3v) is 3.48. The maximum absolute atomic E-state index is 11.8. The number of carbonyl (C=O) groups excluding carboxylic acids is 1. The summed E-state index contributed by atoms with van der Waals surface area (Å²) >= 11 is 1.60. The van der Waals surface area contributed by atoms with Gasteiger partial charge in [-0.25, -0.2) is 0 Å². The lowest BCUT2D eigenvalue weighted by Crippen LogP contribution is -2.08. The Morgan fingerprint density at radius 3 is 2.67 bits per heavy atom. The Kier molecular flexibility index (Phi) is 5.58. The molecule has 110 valence electrons. The van der Waals surface area contributed by atoms with Crippen molar-refractivity contribution in [1.29, 1.82) is 0 Å². The Labute approximate surface area is 129 Å². The normalized spacial score (nSPS) is 11.0. The molecule has 1 aromatic carbocycles. The van der Waals surface area contributed by atoms with Crippen molar-refractivity contribution in [3.05, 3.63) is 52.7 Å². The summed E-state index contributed by atoms with van der Waals surface area (Å²) in [6.45, 7) is 4.90. The van der Waals surface area contributed by atoms with Gasteiger partial charge in [-0.1, -0.05) is 19.9 Å². The second kappa shape index (κ2) is 7.64. The summed E-state index contributed by atoms with van der Waals surface area (Å²) in [5, 5.41) is 4.80. The Morgan fingerprint density at radius 2 is 2.05 bits per heavy atom. The molecular weight excluding hydrogens is 282 g/mol. The van der Waals surface area contributed by atoms with Gasteiger partial charge < -0.3 is 10.1 Å². The summed E-state index contributed by atoms with van der Waals surface area (Å²) in [5.74, 6) is 1.17. The van der Waals surface area contributed by atoms with Gasteiger partial charge in [0.1, 0.15) is 5.75 Å². The van der Waals surface area contributed by atoms with Crippen molar-refractivity contribution in [2.24, 2.45) is 5.92 Å². The molecule has 0 fully saturated rings. The molecule has 0 saturated heterocycles. The number of hydrogen-bond acceptors (Lipinski definition) is 3. The lowest BCUT2D eigenvalue weighted by atomic mass is 10.2. The minimum Gasteiger partial charge on any atom is -0.493 e. The molecule has 0 saturated carbocycles. The van der Waals surface area contributed by atoms with Crippen LogP contribution < -0.4 is 10.1 Å². The van der Waals surface area contributed by atoms with Gasteiger partial charge in [-0.15, -0.1) is 11.3 Å². The molecular formula is C17H19NO2S. The van der Waals surface area contributed by atoms with Crippen LogP contribution in [-0.4, -0.2) is 12.5 Å². The molecule has 0 unspecified atom stereocenters. The monoisotopic (exact) mass is 301 g/mol. The van der Waals surface area contributed by atoms with Crippen molar-refractivity contribution in [2.75, 3.05) is 11.9 Å². The minimum atomic E-state index is -0.140. The molecule has 0 aliphatic carbocycles. The van der Waals surface area contributed by atoms with Crippen molar-refractivity contribution in [2.45, 2.75) is 13.8 Å². The van der Waals surface area contributed by atoms with E-state index in [9.17, 15) is 4.79 Å². The number of anilines is 1. The quantitative estimate of drug-likeness (QED) is 0.801. The van der Waals surface area contributed by atoms with Gasteiger partial charge in [-0.3, -0.25) is 4.79 Å². The molecule has 1 amide bonds. The van der Waals surface area contributed by atoms with Crippen LogP contribution in [0.1, 0.15) is 18.7 Å². The average Bonchev–Trinajstić information content (AvgIpc) is 2.98. The zero-order chi connectivity index (χ0) is 15.1. The van der Waals surface area contributed by atoms with Gasteiger partial charge in [0.2, 0.25) is 5.91 Å². The second-order valence-corrected chi connectivity index (χ2v) is 6.05. The lowest BCUT2D eigenvalue weighted by Gasteiger charge is -2.09. The van der Waals surface area contributed by atoms with Gasteiger partial charge in [-0.2, -0.15) is 0 Å². The zero-order valence-corrected chi connectivity index (χ0v) is 13.0. The number of thiophene rings is 1. The van der Waals surface area contributed by atoms with Gasteiger partial charge in [-0.05, 0) is 47.7 Å². The van der Waals surface area contributed by atoms with E-state index >= 15 is 0 Å². The van der Waals surface area contributed by atoms with E-state index in [1.54, 1.807) is 17.4 Å². The lowest BCUT2D eigenvalue weighted by molar-refractivity contribution is -0.111. The van der Waals surface area contributed by atoms with E-state index in [0.717, 1.165) is 16.3 Å². The Bertz CT molecular complexity index is 586. The van der Waals surface area contributed by atoms with Crippen LogP contribution in [0.5, 0.6) is 5.75 Å². The van der Waals surface area contributed by atoms with Crippen LogP contribution in [0.4, 0.5) is 5.69 Å². The molecule has 1 aromatic heterocycles. The van der Waals surface area contributed by atoms with E-state index in [-0.39, 0.29) is 5.91 Å². The molecule has 2 aromatic rings. The third-order valence-electron chi connectivity index (χ3n) is 2.65. The summed E-state index contributed by atoms with van der Waals surface area (Å²) in [6, 6.07) is 11.3. The Hall–Kier alpha value is -2.07. The van der Waals surface area contributed by atoms with Crippen molar-refractivity contribution in [1.82, 2.24) is 0 Å². The average molecular weight is 301 g/mol. The van der Waals surface area contributed by atoms with E-state index < -0.39 is 0 Å². The van der Waals surface area contributed by atoms with E-state index in [2.05, 4.69) is 19.2 Å². The fourth-order valence-electron chi connectivity index (χ4n) is 1.63. The molecule has 4 heteroatoms. The number of amides is 1. The zero-order valence-electron chi connectivity index (χ0n) is 12.2. The van der Waals surface area contributed by atoms with Gasteiger partial charge in [0.05, 0.1) is 6.61 Å². The van der Waals surface area contributed by atoms with E-state index in [0.29, 0.717) is 12.5 Å². The smallest absolute Gasteiger partial charge is 0.248 e. The summed E-state index contributed by atoms with van der Waals surface area (Å²) in [4.78, 5) is 12.8. The first-order valence-electron chi connectivity index (χ1n) is 6.89. The van der Waals surface area contributed by atoms with Crippen molar-refractivity contribution in [3.8, 4) is 5.75 Å². The standard InChI is InChI=1S/C17H19NO2S/c1-13(2)12-20-15-7-5-14(6-8-15)18-17(19)10-9-16-4-3-11-21-16/h3-11,13H,12H2,1-2H3,(H,18,19)/b10-9+. The minimum absolute atomic E-state index is 0.140. The number of benzene rings is 1. The van der Waals surface area contributed by atoms with E-state index in [1.807, 2.05) is 41.8 Å². The van der Waals surface area contributed by atoms with Crippen LogP contribution in [0.25, 0.3) is 6.08 Å². The van der Waals surface area contributed by atoms with Crippen LogP contribution in [0.15, 0.2) is 47.9 Å². The van der Waals surface area contributed by atoms with Gasteiger partial charge in [0.25, 0.3) is 0 Å². The first-order valence-corrected chi connectivity index (χ1v) is 7.77. The van der Waals surface area contributed by atoms with Crippen LogP contribution >= 0.6 is 11.3 Å². The highest BCUT2D eigenvalue weighted by Crippen LogP contribution is 2.16. The molecule has 0 atom stereocenters. The Balaban J connectivity index is 1.86. The topological polar surface area (TPSA) is 38.3 Å². The Morgan fingerprint density at radius 1 is 1.29 bits per heavy atom. The summed E-state index contributed by atoms with van der Waals surface area (Å²) in [5.41, 5.74) is 0.757. The van der Waals surface area contributed by atoms with Crippen LogP contribution in [0, 0.1) is 5.92 Å². The molecule has 0 spiro atoms. The van der Waals surface area contributed by atoms with Gasteiger partial charge in [0.15, 0.2) is 0 Å². The van der Waals surface area contributed by atoms with E-state index in [4.69, 9.17) is 4.74 Å². The number of rotatable bonds is 6. The fraction of sp³-hybridized carbons (Fsp3) is 0.235. The first kappa shape index (κ1) is 15.3.